The molecule has 3 heteroatoms. The summed E-state index contributed by atoms with van der Waals surface area (Å²) in [6.07, 6.45) is 4.33. The van der Waals surface area contributed by atoms with Gasteiger partial charge in [-0.2, -0.15) is 0 Å². The van der Waals surface area contributed by atoms with Crippen molar-refractivity contribution >= 4 is 5.69 Å². The van der Waals surface area contributed by atoms with Crippen LogP contribution in [0.3, 0.4) is 0 Å². The summed E-state index contributed by atoms with van der Waals surface area (Å²) in [6, 6.07) is 14.1. The Morgan fingerprint density at radius 2 is 1.95 bits per heavy atom. The topological polar surface area (TPSA) is 28.4 Å². The standard InChI is InChI=1S/C18H24N2O/c1-14(2)19-12-15-5-7-16(8-6-15)20(17-9-10-17)13-18-4-3-11-21-18/h3-8,11,14,17,19H,9-10,12-13H2,1-2H3. The van der Waals surface area contributed by atoms with Gasteiger partial charge in [0.05, 0.1) is 12.8 Å². The third-order valence-electron chi connectivity index (χ3n) is 3.88. The lowest BCUT2D eigenvalue weighted by Crippen LogP contribution is -2.25. The summed E-state index contributed by atoms with van der Waals surface area (Å²) >= 11 is 0. The van der Waals surface area contributed by atoms with E-state index in [0.29, 0.717) is 12.1 Å². The van der Waals surface area contributed by atoms with Crippen LogP contribution in [0.5, 0.6) is 0 Å². The smallest absolute Gasteiger partial charge is 0.123 e. The molecule has 1 N–H and O–H groups in total. The van der Waals surface area contributed by atoms with Crippen LogP contribution in [0.4, 0.5) is 5.69 Å². The highest BCUT2D eigenvalue weighted by atomic mass is 16.3. The van der Waals surface area contributed by atoms with Crippen LogP contribution in [0.2, 0.25) is 0 Å². The maximum Gasteiger partial charge on any atom is 0.123 e. The molecule has 1 aromatic carbocycles. The molecule has 1 fully saturated rings. The highest BCUT2D eigenvalue weighted by Gasteiger charge is 2.29. The second-order valence-corrected chi connectivity index (χ2v) is 6.14. The molecule has 0 saturated heterocycles. The normalized spacial score (nSPS) is 14.6. The van der Waals surface area contributed by atoms with E-state index in [1.807, 2.05) is 6.07 Å². The SMILES string of the molecule is CC(C)NCc1ccc(N(Cc2ccco2)C2CC2)cc1. The molecule has 1 aromatic heterocycles. The van der Waals surface area contributed by atoms with E-state index in [1.54, 1.807) is 6.26 Å². The van der Waals surface area contributed by atoms with Crippen molar-refractivity contribution in [2.45, 2.75) is 51.9 Å². The lowest BCUT2D eigenvalue weighted by atomic mass is 10.1. The highest BCUT2D eigenvalue weighted by Crippen LogP contribution is 2.33. The second kappa shape index (κ2) is 6.35. The third kappa shape index (κ3) is 3.88. The molecule has 3 nitrogen and oxygen atoms in total. The molecule has 3 rings (SSSR count). The number of rotatable bonds is 7. The van der Waals surface area contributed by atoms with Gasteiger partial charge in [-0.1, -0.05) is 26.0 Å². The number of hydrogen-bond acceptors (Lipinski definition) is 3. The Labute approximate surface area is 127 Å². The van der Waals surface area contributed by atoms with Gasteiger partial charge in [0.25, 0.3) is 0 Å². The summed E-state index contributed by atoms with van der Waals surface area (Å²) in [5.41, 5.74) is 2.63. The number of nitrogens with zero attached hydrogens (tertiary/aromatic N) is 1. The van der Waals surface area contributed by atoms with E-state index in [0.717, 1.165) is 18.8 Å². The van der Waals surface area contributed by atoms with Crippen molar-refractivity contribution < 1.29 is 4.42 Å². The van der Waals surface area contributed by atoms with Gasteiger partial charge < -0.3 is 14.6 Å². The molecule has 2 aromatic rings. The molecule has 21 heavy (non-hydrogen) atoms. The van der Waals surface area contributed by atoms with Crippen LogP contribution in [0.15, 0.2) is 47.1 Å². The van der Waals surface area contributed by atoms with Gasteiger partial charge in [-0.3, -0.25) is 0 Å². The zero-order valence-electron chi connectivity index (χ0n) is 12.9. The highest BCUT2D eigenvalue weighted by molar-refractivity contribution is 5.50. The molecule has 0 unspecified atom stereocenters. The molecule has 0 radical (unpaired) electrons. The van der Waals surface area contributed by atoms with E-state index in [-0.39, 0.29) is 0 Å². The van der Waals surface area contributed by atoms with Gasteiger partial charge in [-0.05, 0) is 42.7 Å². The Bertz CT molecular complexity index is 541. The minimum atomic E-state index is 0.520. The molecule has 0 aliphatic heterocycles. The van der Waals surface area contributed by atoms with Crippen LogP contribution in [0.1, 0.15) is 38.0 Å². The third-order valence-corrected chi connectivity index (χ3v) is 3.88. The first kappa shape index (κ1) is 14.2. The number of benzene rings is 1. The Kier molecular flexibility index (Phi) is 4.30. The largest absolute Gasteiger partial charge is 0.467 e. The van der Waals surface area contributed by atoms with Gasteiger partial charge in [0.2, 0.25) is 0 Å². The monoisotopic (exact) mass is 284 g/mol. The lowest BCUT2D eigenvalue weighted by Gasteiger charge is -2.24. The zero-order chi connectivity index (χ0) is 14.7. The summed E-state index contributed by atoms with van der Waals surface area (Å²) in [5, 5.41) is 3.45. The number of nitrogens with one attached hydrogen (secondary N) is 1. The van der Waals surface area contributed by atoms with Crippen LogP contribution in [0.25, 0.3) is 0 Å². The van der Waals surface area contributed by atoms with Crippen molar-refractivity contribution in [3.8, 4) is 0 Å². The van der Waals surface area contributed by atoms with Gasteiger partial charge in [0.1, 0.15) is 5.76 Å². The summed E-state index contributed by atoms with van der Waals surface area (Å²) in [6.45, 7) is 6.14. The Hall–Kier alpha value is -1.74. The molecular weight excluding hydrogens is 260 g/mol. The van der Waals surface area contributed by atoms with E-state index < -0.39 is 0 Å². The van der Waals surface area contributed by atoms with Crippen molar-refractivity contribution in [2.24, 2.45) is 0 Å². The van der Waals surface area contributed by atoms with Crippen LogP contribution in [-0.2, 0) is 13.1 Å². The van der Waals surface area contributed by atoms with Crippen LogP contribution < -0.4 is 10.2 Å². The zero-order valence-corrected chi connectivity index (χ0v) is 12.9. The van der Waals surface area contributed by atoms with Crippen molar-refractivity contribution in [3.63, 3.8) is 0 Å². The van der Waals surface area contributed by atoms with Crippen LogP contribution >= 0.6 is 0 Å². The number of furan rings is 1. The van der Waals surface area contributed by atoms with Gasteiger partial charge >= 0.3 is 0 Å². The second-order valence-electron chi connectivity index (χ2n) is 6.14. The van der Waals surface area contributed by atoms with Crippen molar-refractivity contribution in [2.75, 3.05) is 4.90 Å². The summed E-state index contributed by atoms with van der Waals surface area (Å²) in [4.78, 5) is 2.46. The molecular formula is C18H24N2O. The molecule has 0 spiro atoms. The fourth-order valence-electron chi connectivity index (χ4n) is 2.52. The van der Waals surface area contributed by atoms with Gasteiger partial charge in [-0.15, -0.1) is 0 Å². The quantitative estimate of drug-likeness (QED) is 0.834. The number of hydrogen-bond donors (Lipinski definition) is 1. The maximum atomic E-state index is 5.50. The minimum absolute atomic E-state index is 0.520. The first-order valence-electron chi connectivity index (χ1n) is 7.84. The molecule has 1 aliphatic carbocycles. The molecule has 1 heterocycles. The van der Waals surface area contributed by atoms with E-state index in [1.165, 1.54) is 24.1 Å². The molecule has 112 valence electrons. The maximum absolute atomic E-state index is 5.50. The Morgan fingerprint density at radius 1 is 1.19 bits per heavy atom. The summed E-state index contributed by atoms with van der Waals surface area (Å²) in [5.74, 6) is 1.03. The predicted octanol–water partition coefficient (Wildman–Crippen LogP) is 3.95. The molecule has 1 aliphatic rings. The number of anilines is 1. The lowest BCUT2D eigenvalue weighted by molar-refractivity contribution is 0.501. The van der Waals surface area contributed by atoms with Crippen molar-refractivity contribution in [3.05, 3.63) is 54.0 Å². The van der Waals surface area contributed by atoms with E-state index in [4.69, 9.17) is 4.42 Å². The Balaban J connectivity index is 1.68. The first-order valence-corrected chi connectivity index (χ1v) is 7.84. The first-order chi connectivity index (χ1) is 10.2. The van der Waals surface area contributed by atoms with Gasteiger partial charge in [-0.25, -0.2) is 0 Å². The molecule has 1 saturated carbocycles. The van der Waals surface area contributed by atoms with Gasteiger partial charge in [0, 0.05) is 24.3 Å². The van der Waals surface area contributed by atoms with Crippen LogP contribution in [-0.4, -0.2) is 12.1 Å². The van der Waals surface area contributed by atoms with Crippen molar-refractivity contribution in [1.82, 2.24) is 5.32 Å². The van der Waals surface area contributed by atoms with E-state index in [9.17, 15) is 0 Å². The fourth-order valence-corrected chi connectivity index (χ4v) is 2.52. The average Bonchev–Trinajstić information content (AvgIpc) is 3.20. The van der Waals surface area contributed by atoms with E-state index in [2.05, 4.69) is 54.4 Å². The Morgan fingerprint density at radius 3 is 2.52 bits per heavy atom. The van der Waals surface area contributed by atoms with Gasteiger partial charge in [0.15, 0.2) is 0 Å². The summed E-state index contributed by atoms with van der Waals surface area (Å²) in [7, 11) is 0. The van der Waals surface area contributed by atoms with Crippen LogP contribution in [0, 0.1) is 0 Å². The average molecular weight is 284 g/mol. The fraction of sp³-hybridized carbons (Fsp3) is 0.444. The van der Waals surface area contributed by atoms with Crippen molar-refractivity contribution in [1.29, 1.82) is 0 Å². The molecule has 0 amide bonds. The predicted molar refractivity (Wildman–Crippen MR) is 86.3 cm³/mol. The van der Waals surface area contributed by atoms with E-state index >= 15 is 0 Å². The molecule has 0 bridgehead atoms. The minimum Gasteiger partial charge on any atom is -0.467 e. The summed E-state index contributed by atoms with van der Waals surface area (Å²) < 4.78 is 5.50. The molecule has 0 atom stereocenters.